The molecule has 4 nitrogen and oxygen atoms in total. The first-order valence-corrected chi connectivity index (χ1v) is 8.66. The number of hydrogen-bond acceptors (Lipinski definition) is 3. The van der Waals surface area contributed by atoms with Crippen molar-refractivity contribution >= 4 is 22.4 Å². The van der Waals surface area contributed by atoms with Gasteiger partial charge in [0, 0.05) is 16.5 Å². The summed E-state index contributed by atoms with van der Waals surface area (Å²) in [6, 6.07) is 15.9. The summed E-state index contributed by atoms with van der Waals surface area (Å²) in [5.74, 6) is -0.345. The predicted molar refractivity (Wildman–Crippen MR) is 106 cm³/mol. The third-order valence-electron chi connectivity index (χ3n) is 4.37. The normalized spacial score (nSPS) is 10.8. The van der Waals surface area contributed by atoms with Crippen LogP contribution in [0.4, 0.5) is 8.78 Å². The van der Waals surface area contributed by atoms with E-state index in [1.807, 2.05) is 32.0 Å². The molecule has 0 fully saturated rings. The molecule has 28 heavy (non-hydrogen) atoms. The molecule has 0 bridgehead atoms. The summed E-state index contributed by atoms with van der Waals surface area (Å²) in [6.07, 6.45) is 0. The number of ether oxygens (including phenoxy) is 1. The van der Waals surface area contributed by atoms with Gasteiger partial charge in [-0.3, -0.25) is 15.6 Å². The Labute approximate surface area is 161 Å². The number of amides is 1. The Morgan fingerprint density at radius 3 is 2.43 bits per heavy atom. The second-order valence-corrected chi connectivity index (χ2v) is 6.42. The molecule has 0 unspecified atom stereocenters. The summed E-state index contributed by atoms with van der Waals surface area (Å²) in [4.78, 5) is 12.4. The Hall–Kier alpha value is -3.41. The lowest BCUT2D eigenvalue weighted by atomic mass is 10.0. The maximum absolute atomic E-state index is 13.0. The zero-order valence-electron chi connectivity index (χ0n) is 15.6. The van der Waals surface area contributed by atoms with Crippen molar-refractivity contribution in [1.82, 2.24) is 10.9 Å². The third kappa shape index (κ3) is 4.11. The number of benzene rings is 3. The van der Waals surface area contributed by atoms with Crippen LogP contribution < -0.4 is 15.6 Å². The van der Waals surface area contributed by atoms with E-state index >= 15 is 0 Å². The van der Waals surface area contributed by atoms with Gasteiger partial charge in [-0.25, -0.2) is 0 Å². The minimum atomic E-state index is -2.98. The third-order valence-corrected chi connectivity index (χ3v) is 4.37. The van der Waals surface area contributed by atoms with Gasteiger partial charge in [0.2, 0.25) is 0 Å². The Bertz CT molecular complexity index is 1050. The molecule has 2 N–H and O–H groups in total. The highest BCUT2D eigenvalue weighted by molar-refractivity contribution is 5.96. The van der Waals surface area contributed by atoms with Gasteiger partial charge < -0.3 is 4.74 Å². The average Bonchev–Trinajstić information content (AvgIpc) is 2.65. The van der Waals surface area contributed by atoms with Gasteiger partial charge in [0.05, 0.1) is 5.70 Å². The minimum Gasteiger partial charge on any atom is -0.433 e. The van der Waals surface area contributed by atoms with E-state index in [2.05, 4.69) is 17.4 Å². The highest BCUT2D eigenvalue weighted by Gasteiger charge is 2.16. The molecular formula is C22H20F2N2O2. The quantitative estimate of drug-likeness (QED) is 0.592. The zero-order valence-corrected chi connectivity index (χ0v) is 15.6. The van der Waals surface area contributed by atoms with Crippen molar-refractivity contribution in [3.05, 3.63) is 83.4 Å². The number of aryl methyl sites for hydroxylation is 2. The lowest BCUT2D eigenvalue weighted by Crippen LogP contribution is -2.36. The largest absolute Gasteiger partial charge is 0.433 e. The van der Waals surface area contributed by atoms with Crippen molar-refractivity contribution in [1.29, 1.82) is 0 Å². The van der Waals surface area contributed by atoms with Crippen LogP contribution in [-0.4, -0.2) is 12.5 Å². The van der Waals surface area contributed by atoms with Crippen LogP contribution in [0.5, 0.6) is 5.75 Å². The molecule has 0 aliphatic rings. The van der Waals surface area contributed by atoms with E-state index in [4.69, 9.17) is 4.74 Å². The molecule has 0 saturated heterocycles. The van der Waals surface area contributed by atoms with Crippen molar-refractivity contribution < 1.29 is 18.3 Å². The highest BCUT2D eigenvalue weighted by Crippen LogP contribution is 2.33. The van der Waals surface area contributed by atoms with Crippen LogP contribution in [0.15, 0.2) is 61.2 Å². The fourth-order valence-electron chi connectivity index (χ4n) is 3.03. The van der Waals surface area contributed by atoms with Crippen molar-refractivity contribution in [3.8, 4) is 5.75 Å². The highest BCUT2D eigenvalue weighted by atomic mass is 19.3. The molecule has 6 heteroatoms. The first-order valence-electron chi connectivity index (χ1n) is 8.66. The molecule has 0 spiro atoms. The number of rotatable bonds is 6. The second-order valence-electron chi connectivity index (χ2n) is 6.42. The number of halogens is 2. The first-order chi connectivity index (χ1) is 13.4. The van der Waals surface area contributed by atoms with Gasteiger partial charge in [-0.05, 0) is 36.9 Å². The van der Waals surface area contributed by atoms with Crippen LogP contribution >= 0.6 is 0 Å². The van der Waals surface area contributed by atoms with Gasteiger partial charge in [-0.2, -0.15) is 8.78 Å². The number of carbonyl (C=O) groups is 1. The van der Waals surface area contributed by atoms with Crippen LogP contribution in [-0.2, 0) is 0 Å². The zero-order chi connectivity index (χ0) is 20.3. The van der Waals surface area contributed by atoms with E-state index in [1.165, 1.54) is 0 Å². The van der Waals surface area contributed by atoms with Gasteiger partial charge in [0.15, 0.2) is 0 Å². The van der Waals surface area contributed by atoms with E-state index in [9.17, 15) is 13.6 Å². The van der Waals surface area contributed by atoms with Gasteiger partial charge in [-0.1, -0.05) is 54.6 Å². The molecule has 3 rings (SSSR count). The molecule has 0 atom stereocenters. The molecule has 3 aromatic carbocycles. The van der Waals surface area contributed by atoms with E-state index in [0.29, 0.717) is 16.5 Å². The van der Waals surface area contributed by atoms with Crippen LogP contribution in [0.2, 0.25) is 0 Å². The van der Waals surface area contributed by atoms with E-state index in [-0.39, 0.29) is 17.4 Å². The number of fused-ring (bicyclic) bond motifs is 1. The standard InChI is InChI=1S/C22H20F2N2O2/c1-13-8-10-17(14(2)12-13)21(27)26-25-15(3)18-11-9-16-6-4-5-7-19(16)20(18)28-22(23)24/h4-12,22,25H,3H2,1-2H3,(H,26,27). The molecule has 0 aliphatic heterocycles. The van der Waals surface area contributed by atoms with E-state index in [1.54, 1.807) is 36.4 Å². The number of hydrogen-bond donors (Lipinski definition) is 2. The van der Waals surface area contributed by atoms with Crippen LogP contribution in [0, 0.1) is 13.8 Å². The maximum atomic E-state index is 13.0. The summed E-state index contributed by atoms with van der Waals surface area (Å²) in [5, 5.41) is 1.29. The van der Waals surface area contributed by atoms with Gasteiger partial charge in [0.1, 0.15) is 5.75 Å². The molecule has 0 heterocycles. The van der Waals surface area contributed by atoms with Crippen LogP contribution in [0.25, 0.3) is 16.5 Å². The molecule has 0 aromatic heterocycles. The van der Waals surface area contributed by atoms with Gasteiger partial charge >= 0.3 is 6.61 Å². The molecular weight excluding hydrogens is 362 g/mol. The summed E-state index contributed by atoms with van der Waals surface area (Å²) in [6.45, 7) is 4.65. The van der Waals surface area contributed by atoms with Gasteiger partial charge in [0.25, 0.3) is 5.91 Å². The lowest BCUT2D eigenvalue weighted by Gasteiger charge is -2.17. The van der Waals surface area contributed by atoms with Crippen molar-refractivity contribution in [2.75, 3.05) is 0 Å². The summed E-state index contributed by atoms with van der Waals surface area (Å²) < 4.78 is 30.7. The summed E-state index contributed by atoms with van der Waals surface area (Å²) >= 11 is 0. The Morgan fingerprint density at radius 1 is 1.00 bits per heavy atom. The average molecular weight is 382 g/mol. The second kappa shape index (κ2) is 8.08. The van der Waals surface area contributed by atoms with Crippen molar-refractivity contribution in [2.45, 2.75) is 20.5 Å². The number of carbonyl (C=O) groups excluding carboxylic acids is 1. The van der Waals surface area contributed by atoms with E-state index in [0.717, 1.165) is 16.5 Å². The van der Waals surface area contributed by atoms with Crippen LogP contribution in [0.1, 0.15) is 27.0 Å². The molecule has 1 amide bonds. The minimum absolute atomic E-state index is 0.00589. The smallest absolute Gasteiger partial charge is 0.387 e. The van der Waals surface area contributed by atoms with E-state index < -0.39 is 6.61 Å². The lowest BCUT2D eigenvalue weighted by molar-refractivity contribution is -0.0490. The fraction of sp³-hybridized carbons (Fsp3) is 0.136. The number of alkyl halides is 2. The first kappa shape index (κ1) is 19.4. The van der Waals surface area contributed by atoms with Crippen molar-refractivity contribution in [2.24, 2.45) is 0 Å². The Morgan fingerprint density at radius 2 is 1.71 bits per heavy atom. The Balaban J connectivity index is 1.84. The number of hydrazine groups is 1. The number of nitrogens with one attached hydrogen (secondary N) is 2. The monoisotopic (exact) mass is 382 g/mol. The molecule has 0 saturated carbocycles. The molecule has 0 aliphatic carbocycles. The maximum Gasteiger partial charge on any atom is 0.387 e. The summed E-state index contributed by atoms with van der Waals surface area (Å²) in [7, 11) is 0. The van der Waals surface area contributed by atoms with Crippen molar-refractivity contribution in [3.63, 3.8) is 0 Å². The predicted octanol–water partition coefficient (Wildman–Crippen LogP) is 4.96. The molecule has 3 aromatic rings. The Kier molecular flexibility index (Phi) is 5.59. The fourth-order valence-corrected chi connectivity index (χ4v) is 3.03. The van der Waals surface area contributed by atoms with Gasteiger partial charge in [-0.15, -0.1) is 0 Å². The van der Waals surface area contributed by atoms with Crippen LogP contribution in [0.3, 0.4) is 0 Å². The summed E-state index contributed by atoms with van der Waals surface area (Å²) in [5.41, 5.74) is 8.21. The molecule has 0 radical (unpaired) electrons. The topological polar surface area (TPSA) is 50.4 Å². The SMILES string of the molecule is C=C(NNC(=O)c1ccc(C)cc1C)c1ccc2ccccc2c1OC(F)F. The molecule has 144 valence electrons.